The van der Waals surface area contributed by atoms with Gasteiger partial charge in [0.25, 0.3) is 0 Å². The van der Waals surface area contributed by atoms with Crippen LogP contribution in [0.2, 0.25) is 5.28 Å². The van der Waals surface area contributed by atoms with E-state index in [0.29, 0.717) is 18.9 Å². The quantitative estimate of drug-likeness (QED) is 0.850. The lowest BCUT2D eigenvalue weighted by Crippen LogP contribution is -2.36. The normalized spacial score (nSPS) is 19.0. The van der Waals surface area contributed by atoms with E-state index in [9.17, 15) is 4.79 Å². The lowest BCUT2D eigenvalue weighted by atomic mass is 10.2. The monoisotopic (exact) mass is 298 g/mol. The second-order valence-electron chi connectivity index (χ2n) is 5.77. The van der Waals surface area contributed by atoms with Gasteiger partial charge >= 0.3 is 6.09 Å². The molecule has 0 radical (unpaired) electrons. The molecule has 1 fully saturated rings. The molecule has 2 heterocycles. The number of hydrogen-bond donors (Lipinski definition) is 1. The van der Waals surface area contributed by atoms with Gasteiger partial charge in [0.05, 0.1) is 0 Å². The smallest absolute Gasteiger partial charge is 0.410 e. The zero-order valence-electron chi connectivity index (χ0n) is 11.9. The Kier molecular flexibility index (Phi) is 4.32. The van der Waals surface area contributed by atoms with Gasteiger partial charge in [-0.15, -0.1) is 0 Å². The maximum atomic E-state index is 11.9. The molecular weight excluding hydrogens is 280 g/mol. The third-order valence-electron chi connectivity index (χ3n) is 2.82. The number of carbonyl (C=O) groups excluding carboxylic acids is 1. The summed E-state index contributed by atoms with van der Waals surface area (Å²) in [6.45, 7) is 6.85. The van der Waals surface area contributed by atoms with Crippen LogP contribution in [-0.4, -0.2) is 45.7 Å². The Labute approximate surface area is 123 Å². The van der Waals surface area contributed by atoms with E-state index < -0.39 is 5.60 Å². The predicted molar refractivity (Wildman–Crippen MR) is 76.9 cm³/mol. The number of amides is 1. The van der Waals surface area contributed by atoms with Gasteiger partial charge in [-0.3, -0.25) is 0 Å². The zero-order valence-corrected chi connectivity index (χ0v) is 12.6. The molecule has 6 nitrogen and oxygen atoms in total. The minimum atomic E-state index is -0.469. The summed E-state index contributed by atoms with van der Waals surface area (Å²) < 4.78 is 5.35. The molecule has 1 amide bonds. The van der Waals surface area contributed by atoms with Crippen molar-refractivity contribution in [2.75, 3.05) is 18.4 Å². The van der Waals surface area contributed by atoms with Crippen LogP contribution in [-0.2, 0) is 4.74 Å². The topological polar surface area (TPSA) is 67.3 Å². The number of halogens is 1. The van der Waals surface area contributed by atoms with E-state index in [4.69, 9.17) is 16.3 Å². The number of nitrogens with zero attached hydrogens (tertiary/aromatic N) is 3. The SMILES string of the molecule is CC(C)(C)OC(=O)N1CCC(Nc2ccnc(Cl)n2)C1. The summed E-state index contributed by atoms with van der Waals surface area (Å²) in [6, 6.07) is 1.90. The van der Waals surface area contributed by atoms with Gasteiger partial charge in [-0.1, -0.05) is 0 Å². The molecule has 2 rings (SSSR count). The highest BCUT2D eigenvalue weighted by Crippen LogP contribution is 2.18. The fourth-order valence-corrected chi connectivity index (χ4v) is 2.14. The number of aromatic nitrogens is 2. The van der Waals surface area contributed by atoms with Crippen LogP contribution in [0, 0.1) is 0 Å². The molecule has 0 spiro atoms. The first-order valence-corrected chi connectivity index (χ1v) is 6.94. The summed E-state index contributed by atoms with van der Waals surface area (Å²) in [7, 11) is 0. The van der Waals surface area contributed by atoms with Gasteiger partial charge < -0.3 is 15.0 Å². The molecule has 0 aliphatic carbocycles. The van der Waals surface area contributed by atoms with Crippen molar-refractivity contribution in [1.82, 2.24) is 14.9 Å². The molecule has 1 atom stereocenters. The van der Waals surface area contributed by atoms with Crippen molar-refractivity contribution in [2.45, 2.75) is 38.8 Å². The van der Waals surface area contributed by atoms with E-state index in [1.54, 1.807) is 17.2 Å². The third-order valence-corrected chi connectivity index (χ3v) is 3.00. The highest BCUT2D eigenvalue weighted by molar-refractivity contribution is 6.28. The first-order valence-electron chi connectivity index (χ1n) is 6.56. The van der Waals surface area contributed by atoms with Crippen molar-refractivity contribution >= 4 is 23.5 Å². The highest BCUT2D eigenvalue weighted by atomic mass is 35.5. The zero-order chi connectivity index (χ0) is 14.8. The molecule has 110 valence electrons. The van der Waals surface area contributed by atoms with Gasteiger partial charge in [0.15, 0.2) is 0 Å². The fourth-order valence-electron chi connectivity index (χ4n) is 1.99. The van der Waals surface area contributed by atoms with E-state index in [1.165, 1.54) is 0 Å². The maximum absolute atomic E-state index is 11.9. The third kappa shape index (κ3) is 4.23. The predicted octanol–water partition coefficient (Wildman–Crippen LogP) is 2.55. The first kappa shape index (κ1) is 14.8. The van der Waals surface area contributed by atoms with Crippen LogP contribution in [0.5, 0.6) is 0 Å². The van der Waals surface area contributed by atoms with Crippen LogP contribution in [0.25, 0.3) is 0 Å². The van der Waals surface area contributed by atoms with Crippen molar-refractivity contribution in [2.24, 2.45) is 0 Å². The van der Waals surface area contributed by atoms with Gasteiger partial charge in [0.1, 0.15) is 11.4 Å². The number of nitrogens with one attached hydrogen (secondary N) is 1. The molecule has 1 N–H and O–H groups in total. The molecule has 7 heteroatoms. The summed E-state index contributed by atoms with van der Waals surface area (Å²) in [6.07, 6.45) is 2.17. The average molecular weight is 299 g/mol. The second kappa shape index (κ2) is 5.83. The van der Waals surface area contributed by atoms with Gasteiger partial charge in [-0.2, -0.15) is 0 Å². The van der Waals surface area contributed by atoms with Crippen LogP contribution in [0.15, 0.2) is 12.3 Å². The molecule has 1 unspecified atom stereocenters. The van der Waals surface area contributed by atoms with Gasteiger partial charge in [-0.05, 0) is 44.9 Å². The van der Waals surface area contributed by atoms with Crippen LogP contribution in [0.4, 0.5) is 10.6 Å². The fraction of sp³-hybridized carbons (Fsp3) is 0.615. The van der Waals surface area contributed by atoms with Crippen LogP contribution < -0.4 is 5.32 Å². The summed E-state index contributed by atoms with van der Waals surface area (Å²) in [5.41, 5.74) is -0.469. The van der Waals surface area contributed by atoms with Crippen LogP contribution >= 0.6 is 11.6 Å². The van der Waals surface area contributed by atoms with E-state index >= 15 is 0 Å². The average Bonchev–Trinajstić information content (AvgIpc) is 2.75. The first-order chi connectivity index (χ1) is 9.33. The number of rotatable bonds is 2. The van der Waals surface area contributed by atoms with E-state index in [-0.39, 0.29) is 17.4 Å². The molecule has 1 saturated heterocycles. The van der Waals surface area contributed by atoms with Crippen LogP contribution in [0.1, 0.15) is 27.2 Å². The number of anilines is 1. The molecule has 0 bridgehead atoms. The van der Waals surface area contributed by atoms with Crippen LogP contribution in [0.3, 0.4) is 0 Å². The Bertz CT molecular complexity index is 490. The minimum Gasteiger partial charge on any atom is -0.444 e. The van der Waals surface area contributed by atoms with Crippen molar-refractivity contribution in [1.29, 1.82) is 0 Å². The molecule has 20 heavy (non-hydrogen) atoms. The van der Waals surface area contributed by atoms with Crippen molar-refractivity contribution in [3.8, 4) is 0 Å². The molecule has 1 aliphatic rings. The second-order valence-corrected chi connectivity index (χ2v) is 6.11. The molecule has 0 aromatic carbocycles. The van der Waals surface area contributed by atoms with E-state index in [0.717, 1.165) is 6.42 Å². The molecular formula is C13H19ClN4O2. The lowest BCUT2D eigenvalue weighted by Gasteiger charge is -2.24. The maximum Gasteiger partial charge on any atom is 0.410 e. The Morgan fingerprint density at radius 3 is 2.95 bits per heavy atom. The Morgan fingerprint density at radius 2 is 2.30 bits per heavy atom. The standard InChI is InChI=1S/C13H19ClN4O2/c1-13(2,3)20-12(19)18-7-5-9(8-18)16-10-4-6-15-11(14)17-10/h4,6,9H,5,7-8H2,1-3H3,(H,15,16,17). The largest absolute Gasteiger partial charge is 0.444 e. The molecule has 1 aliphatic heterocycles. The van der Waals surface area contributed by atoms with Crippen molar-refractivity contribution in [3.05, 3.63) is 17.5 Å². The molecule has 1 aromatic heterocycles. The summed E-state index contributed by atoms with van der Waals surface area (Å²) in [5, 5.41) is 3.45. The van der Waals surface area contributed by atoms with Crippen molar-refractivity contribution < 1.29 is 9.53 Å². The minimum absolute atomic E-state index is 0.147. The van der Waals surface area contributed by atoms with Crippen molar-refractivity contribution in [3.63, 3.8) is 0 Å². The highest BCUT2D eigenvalue weighted by Gasteiger charge is 2.29. The number of ether oxygens (including phenoxy) is 1. The summed E-state index contributed by atoms with van der Waals surface area (Å²) in [4.78, 5) is 21.5. The Hall–Kier alpha value is -1.56. The number of hydrogen-bond acceptors (Lipinski definition) is 5. The number of likely N-dealkylation sites (tertiary alicyclic amines) is 1. The summed E-state index contributed by atoms with van der Waals surface area (Å²) >= 11 is 5.74. The Morgan fingerprint density at radius 1 is 1.55 bits per heavy atom. The van der Waals surface area contributed by atoms with Gasteiger partial charge in [0, 0.05) is 25.3 Å². The Balaban J connectivity index is 1.88. The molecule has 1 aromatic rings. The summed E-state index contributed by atoms with van der Waals surface area (Å²) in [5.74, 6) is 0.668. The van der Waals surface area contributed by atoms with E-state index in [2.05, 4.69) is 15.3 Å². The van der Waals surface area contributed by atoms with Gasteiger partial charge in [0.2, 0.25) is 5.28 Å². The number of carbonyl (C=O) groups is 1. The van der Waals surface area contributed by atoms with Gasteiger partial charge in [-0.25, -0.2) is 14.8 Å². The lowest BCUT2D eigenvalue weighted by molar-refractivity contribution is 0.0293. The van der Waals surface area contributed by atoms with E-state index in [1.807, 2.05) is 20.8 Å². The molecule has 0 saturated carbocycles.